The van der Waals surface area contributed by atoms with Crippen molar-refractivity contribution >= 4 is 18.0 Å². The number of ether oxygens (including phenoxy) is 8. The zero-order valence-electron chi connectivity index (χ0n) is 39.9. The molecule has 1 fully saturated rings. The highest BCUT2D eigenvalue weighted by Crippen LogP contribution is 2.33. The predicted octanol–water partition coefficient (Wildman–Crippen LogP) is 7.99. The maximum absolute atomic E-state index is 14.3. The highest BCUT2D eigenvalue weighted by Gasteiger charge is 2.50. The first kappa shape index (κ1) is 52.1. The summed E-state index contributed by atoms with van der Waals surface area (Å²) in [7, 11) is 0. The Hall–Kier alpha value is -6.75. The molecule has 6 aromatic carbocycles. The number of nitrogens with one attached hydrogen (secondary N) is 2. The molecule has 0 bridgehead atoms. The summed E-state index contributed by atoms with van der Waals surface area (Å²) in [5, 5.41) is 16.0. The minimum absolute atomic E-state index is 0.0422. The van der Waals surface area contributed by atoms with Crippen molar-refractivity contribution < 1.29 is 57.4 Å². The van der Waals surface area contributed by atoms with Crippen molar-refractivity contribution in [2.24, 2.45) is 0 Å². The molecular formula is C57H62N2O12. The van der Waals surface area contributed by atoms with Gasteiger partial charge in [-0.25, -0.2) is 9.59 Å². The second-order valence-electron chi connectivity index (χ2n) is 17.2. The Morgan fingerprint density at radius 2 is 0.887 bits per heavy atom. The largest absolute Gasteiger partial charge is 0.459 e. The molecule has 1 heterocycles. The van der Waals surface area contributed by atoms with Crippen molar-refractivity contribution in [1.29, 1.82) is 0 Å². The van der Waals surface area contributed by atoms with Crippen molar-refractivity contribution in [2.75, 3.05) is 6.61 Å². The van der Waals surface area contributed by atoms with Crippen LogP contribution in [0.2, 0.25) is 0 Å². The normalized spacial score (nSPS) is 19.3. The number of rotatable bonds is 25. The zero-order chi connectivity index (χ0) is 49.6. The molecule has 3 N–H and O–H groups in total. The van der Waals surface area contributed by atoms with Gasteiger partial charge in [0.1, 0.15) is 43.7 Å². The summed E-state index contributed by atoms with van der Waals surface area (Å²) in [6, 6.07) is 53.8. The molecular weight excluding hydrogens is 905 g/mol. The second kappa shape index (κ2) is 27.6. The van der Waals surface area contributed by atoms with E-state index >= 15 is 0 Å². The first-order valence-corrected chi connectivity index (χ1v) is 23.8. The first-order valence-electron chi connectivity index (χ1n) is 23.8. The molecule has 7 rings (SSSR count). The Bertz CT molecular complexity index is 2470. The molecule has 1 saturated heterocycles. The highest BCUT2D eigenvalue weighted by molar-refractivity contribution is 5.90. The molecule has 9 atom stereocenters. The van der Waals surface area contributed by atoms with Crippen LogP contribution >= 0.6 is 0 Å². The Morgan fingerprint density at radius 3 is 1.34 bits per heavy atom. The van der Waals surface area contributed by atoms with Crippen LogP contribution in [0.15, 0.2) is 182 Å². The lowest BCUT2D eigenvalue weighted by atomic mass is 9.97. The Kier molecular flexibility index (Phi) is 20.2. The van der Waals surface area contributed by atoms with Crippen LogP contribution in [0.5, 0.6) is 0 Å². The minimum Gasteiger partial charge on any atom is -0.459 e. The number of carbonyl (C=O) groups is 3. The summed E-state index contributed by atoms with van der Waals surface area (Å²) in [5.41, 5.74) is 5.07. The lowest BCUT2D eigenvalue weighted by Gasteiger charge is -2.46. The fourth-order valence-electron chi connectivity index (χ4n) is 7.87. The first-order chi connectivity index (χ1) is 34.7. The molecule has 0 spiro atoms. The highest BCUT2D eigenvalue weighted by atomic mass is 16.7. The zero-order valence-corrected chi connectivity index (χ0v) is 39.9. The number of aliphatic hydroxyl groups is 1. The quantitative estimate of drug-likeness (QED) is 0.0474. The number of amides is 2. The lowest BCUT2D eigenvalue weighted by Crippen LogP contribution is -2.63. The van der Waals surface area contributed by atoms with Crippen LogP contribution in [-0.2, 0) is 87.1 Å². The average Bonchev–Trinajstić information content (AvgIpc) is 3.40. The fourth-order valence-corrected chi connectivity index (χ4v) is 7.87. The van der Waals surface area contributed by atoms with Gasteiger partial charge in [0.25, 0.3) is 0 Å². The molecule has 2 amide bonds. The van der Waals surface area contributed by atoms with Crippen molar-refractivity contribution in [3.05, 3.63) is 215 Å². The summed E-state index contributed by atoms with van der Waals surface area (Å²) >= 11 is 0. The number of alkyl carbamates (subject to hydrolysis) is 1. The number of esters is 1. The Balaban J connectivity index is 1.20. The van der Waals surface area contributed by atoms with Crippen LogP contribution in [0.4, 0.5) is 4.79 Å². The van der Waals surface area contributed by atoms with Gasteiger partial charge in [0.05, 0.1) is 45.2 Å². The molecule has 0 aromatic heterocycles. The molecule has 0 saturated carbocycles. The van der Waals surface area contributed by atoms with E-state index in [0.717, 1.165) is 27.8 Å². The number of benzene rings is 6. The maximum atomic E-state index is 14.3. The number of carbonyl (C=O) groups excluding carboxylic acids is 3. The van der Waals surface area contributed by atoms with Crippen molar-refractivity contribution in [3.63, 3.8) is 0 Å². The minimum atomic E-state index is -1.55. The molecule has 372 valence electrons. The van der Waals surface area contributed by atoms with E-state index in [1.54, 1.807) is 43.3 Å². The molecule has 6 aromatic rings. The van der Waals surface area contributed by atoms with Crippen molar-refractivity contribution in [3.8, 4) is 0 Å². The molecule has 0 aliphatic carbocycles. The van der Waals surface area contributed by atoms with Gasteiger partial charge in [0.2, 0.25) is 5.91 Å². The van der Waals surface area contributed by atoms with Crippen LogP contribution < -0.4 is 10.6 Å². The van der Waals surface area contributed by atoms with Crippen LogP contribution in [0.3, 0.4) is 0 Å². The number of hydrogen-bond acceptors (Lipinski definition) is 12. The SMILES string of the molecule is C[C@@H](O)[C@H](NC(=O)OCc1ccccc1)C(=O)N[C@H](C(=O)OCc1ccccc1)[C@@H](C)O[C@@H]1O[C@H](COCc2ccccc2)[C@H](OCc2ccccc2)[C@H](OCc2ccccc2)[C@H]1OCc1ccccc1. The van der Waals surface area contributed by atoms with E-state index in [2.05, 4.69) is 10.6 Å². The third-order valence-corrected chi connectivity index (χ3v) is 11.7. The third-order valence-electron chi connectivity index (χ3n) is 11.7. The van der Waals surface area contributed by atoms with Gasteiger partial charge in [-0.2, -0.15) is 0 Å². The fraction of sp³-hybridized carbons (Fsp3) is 0.316. The van der Waals surface area contributed by atoms with Gasteiger partial charge < -0.3 is 53.6 Å². The average molecular weight is 967 g/mol. The summed E-state index contributed by atoms with van der Waals surface area (Å²) < 4.78 is 51.7. The number of aliphatic hydroxyl groups excluding tert-OH is 1. The summed E-state index contributed by atoms with van der Waals surface area (Å²) in [5.74, 6) is -1.76. The number of hydrogen-bond donors (Lipinski definition) is 3. The van der Waals surface area contributed by atoms with Crippen molar-refractivity contribution in [1.82, 2.24) is 10.6 Å². The van der Waals surface area contributed by atoms with Gasteiger partial charge in [-0.1, -0.05) is 182 Å². The predicted molar refractivity (Wildman–Crippen MR) is 264 cm³/mol. The van der Waals surface area contributed by atoms with E-state index in [-0.39, 0.29) is 46.2 Å². The van der Waals surface area contributed by atoms with Crippen LogP contribution in [-0.4, -0.2) is 84.7 Å². The Morgan fingerprint density at radius 1 is 0.493 bits per heavy atom. The van der Waals surface area contributed by atoms with E-state index < -0.39 is 73.0 Å². The van der Waals surface area contributed by atoms with Gasteiger partial charge in [0.15, 0.2) is 12.3 Å². The molecule has 1 aliphatic heterocycles. The van der Waals surface area contributed by atoms with Crippen LogP contribution in [0, 0.1) is 0 Å². The van der Waals surface area contributed by atoms with E-state index in [1.165, 1.54) is 6.92 Å². The Labute approximate surface area is 415 Å². The smallest absolute Gasteiger partial charge is 0.408 e. The standard InChI is InChI=1S/C57H62N2O12/c1-40(60)49(59-57(63)69-38-47-31-19-8-20-32-47)54(61)58-50(55(62)68-37-46-29-17-7-18-30-46)41(2)70-56-53(67-36-45-27-15-6-16-28-45)52(66-35-44-25-13-5-14-26-44)51(65-34-43-23-11-4-12-24-43)48(71-56)39-64-33-42-21-9-3-10-22-42/h3-32,40-41,48-53,56,60H,33-39H2,1-2H3,(H,58,61)(H,59,63)/t40-,41-,48-,49+,50+,51+,52+,53-,56-/m1/s1. The van der Waals surface area contributed by atoms with E-state index in [0.29, 0.717) is 5.56 Å². The summed E-state index contributed by atoms with van der Waals surface area (Å²) in [6.45, 7) is 3.54. The second-order valence-corrected chi connectivity index (χ2v) is 17.2. The van der Waals surface area contributed by atoms with Gasteiger partial charge >= 0.3 is 12.1 Å². The molecule has 1 aliphatic rings. The summed E-state index contributed by atoms with van der Waals surface area (Å²) in [4.78, 5) is 41.5. The molecule has 71 heavy (non-hydrogen) atoms. The van der Waals surface area contributed by atoms with Gasteiger partial charge in [-0.15, -0.1) is 0 Å². The molecule has 0 unspecified atom stereocenters. The maximum Gasteiger partial charge on any atom is 0.408 e. The van der Waals surface area contributed by atoms with Gasteiger partial charge in [-0.05, 0) is 47.2 Å². The van der Waals surface area contributed by atoms with Crippen molar-refractivity contribution in [2.45, 2.75) is 108 Å². The monoisotopic (exact) mass is 966 g/mol. The van der Waals surface area contributed by atoms with E-state index in [9.17, 15) is 19.5 Å². The topological polar surface area (TPSA) is 169 Å². The van der Waals surface area contributed by atoms with E-state index in [4.69, 9.17) is 37.9 Å². The van der Waals surface area contributed by atoms with Crippen LogP contribution in [0.25, 0.3) is 0 Å². The lowest BCUT2D eigenvalue weighted by molar-refractivity contribution is -0.336. The molecule has 14 nitrogen and oxygen atoms in total. The summed E-state index contributed by atoms with van der Waals surface area (Å²) in [6.07, 6.45) is -8.30. The molecule has 14 heteroatoms. The third kappa shape index (κ3) is 16.4. The van der Waals surface area contributed by atoms with Gasteiger partial charge in [0, 0.05) is 0 Å². The van der Waals surface area contributed by atoms with Gasteiger partial charge in [-0.3, -0.25) is 4.79 Å². The molecule has 0 radical (unpaired) electrons. The van der Waals surface area contributed by atoms with Crippen LogP contribution in [0.1, 0.15) is 47.2 Å². The van der Waals surface area contributed by atoms with E-state index in [1.807, 2.05) is 146 Å².